The van der Waals surface area contributed by atoms with E-state index in [4.69, 9.17) is 22.9 Å². The summed E-state index contributed by atoms with van der Waals surface area (Å²) < 4.78 is 0. The van der Waals surface area contributed by atoms with E-state index in [-0.39, 0.29) is 37.9 Å². The number of guanidine groups is 2. The summed E-state index contributed by atoms with van der Waals surface area (Å²) in [5.41, 5.74) is 18.0. The number of amides is 6. The highest BCUT2D eigenvalue weighted by Crippen LogP contribution is 2.45. The standard InChI is InChI=1S/C24H36N12O10/c25-21(26)31-5-9-3-23(9)19(45)30-8-14(38)34-12(2-16(41)42)18(44)36-24(4-10(24)6-32-22(27)28)20(46)29-7-13(37)33-11(1-15(39)40)17(43)35-23/h9-12H,1-8H2,(H,29,46)(H,30,45)(H,33,37)(H,34,38)(H,35,43)(H,36,44)(H,39,40)(H,41,42)(H4,25,26,31)(H4,27,28,32)/t9-,10-,11-,12-,23-,24-/m0/s1. The van der Waals surface area contributed by atoms with Crippen molar-refractivity contribution in [3.8, 4) is 0 Å². The van der Waals surface area contributed by atoms with Crippen LogP contribution in [0.4, 0.5) is 0 Å². The highest BCUT2D eigenvalue weighted by Gasteiger charge is 2.62. The lowest BCUT2D eigenvalue weighted by Crippen LogP contribution is -2.60. The maximum absolute atomic E-state index is 13.3. The van der Waals surface area contributed by atoms with Gasteiger partial charge >= 0.3 is 11.9 Å². The van der Waals surface area contributed by atoms with Crippen LogP contribution in [0.25, 0.3) is 0 Å². The minimum absolute atomic E-state index is 0.0418. The van der Waals surface area contributed by atoms with Gasteiger partial charge in [-0.15, -0.1) is 0 Å². The number of hydrogen-bond donors (Lipinski definition) is 12. The number of carbonyl (C=O) groups excluding carboxylic acids is 6. The zero-order valence-corrected chi connectivity index (χ0v) is 24.3. The highest BCUT2D eigenvalue weighted by molar-refractivity contribution is 6.02. The van der Waals surface area contributed by atoms with Crippen LogP contribution in [-0.2, 0) is 38.4 Å². The van der Waals surface area contributed by atoms with Crippen molar-refractivity contribution in [2.45, 2.75) is 48.8 Å². The number of aliphatic carboxylic acids is 2. The Balaban J connectivity index is 1.94. The first-order chi connectivity index (χ1) is 21.5. The van der Waals surface area contributed by atoms with E-state index in [9.17, 15) is 48.6 Å². The molecule has 6 amide bonds. The summed E-state index contributed by atoms with van der Waals surface area (Å²) in [5, 5.41) is 32.5. The van der Waals surface area contributed by atoms with Crippen LogP contribution in [0.15, 0.2) is 9.98 Å². The zero-order valence-electron chi connectivity index (χ0n) is 24.3. The number of hydrogen-bond acceptors (Lipinski definition) is 10. The lowest BCUT2D eigenvalue weighted by Gasteiger charge is -2.25. The second kappa shape index (κ2) is 13.9. The smallest absolute Gasteiger partial charge is 0.305 e. The van der Waals surface area contributed by atoms with Crippen molar-refractivity contribution in [3.05, 3.63) is 0 Å². The number of aliphatic imine (C=N–C) groups is 2. The Morgan fingerprint density at radius 1 is 0.674 bits per heavy atom. The molecule has 2 spiro atoms. The molecule has 1 saturated heterocycles. The second-order valence-electron chi connectivity index (χ2n) is 11.1. The van der Waals surface area contributed by atoms with Gasteiger partial charge in [0.1, 0.15) is 23.2 Å². The van der Waals surface area contributed by atoms with Gasteiger partial charge in [0.25, 0.3) is 0 Å². The summed E-state index contributed by atoms with van der Waals surface area (Å²) in [6.07, 6.45) is -1.90. The van der Waals surface area contributed by atoms with Crippen molar-refractivity contribution in [2.24, 2.45) is 44.8 Å². The van der Waals surface area contributed by atoms with E-state index in [1.807, 2.05) is 0 Å². The summed E-state index contributed by atoms with van der Waals surface area (Å²) in [6, 6.07) is -3.42. The topological polar surface area (TPSA) is 378 Å². The van der Waals surface area contributed by atoms with Crippen LogP contribution in [0.5, 0.6) is 0 Å². The van der Waals surface area contributed by atoms with Crippen LogP contribution in [0, 0.1) is 11.8 Å². The number of carboxylic acids is 2. The van der Waals surface area contributed by atoms with Crippen LogP contribution >= 0.6 is 0 Å². The fraction of sp³-hybridized carbons (Fsp3) is 0.583. The minimum Gasteiger partial charge on any atom is -0.481 e. The van der Waals surface area contributed by atoms with E-state index in [1.54, 1.807) is 0 Å². The van der Waals surface area contributed by atoms with Gasteiger partial charge in [-0.3, -0.25) is 48.3 Å². The average molecular weight is 653 g/mol. The summed E-state index contributed by atoms with van der Waals surface area (Å²) >= 11 is 0. The molecule has 1 aliphatic heterocycles. The van der Waals surface area contributed by atoms with E-state index in [0.717, 1.165) is 0 Å². The number of carboxylic acid groups (broad SMARTS) is 2. The molecule has 2 aliphatic carbocycles. The third kappa shape index (κ3) is 8.69. The van der Waals surface area contributed by atoms with Gasteiger partial charge < -0.3 is 65.0 Å². The van der Waals surface area contributed by atoms with Crippen molar-refractivity contribution in [2.75, 3.05) is 26.2 Å². The monoisotopic (exact) mass is 652 g/mol. The molecule has 0 bridgehead atoms. The average Bonchev–Trinajstić information content (AvgIpc) is 3.85. The quantitative estimate of drug-likeness (QED) is 0.0856. The first-order valence-electron chi connectivity index (χ1n) is 13.8. The van der Waals surface area contributed by atoms with Crippen molar-refractivity contribution in [3.63, 3.8) is 0 Å². The molecular formula is C24H36N12O10. The molecule has 1 heterocycles. The molecule has 0 aromatic heterocycles. The minimum atomic E-state index is -1.72. The van der Waals surface area contributed by atoms with Gasteiger partial charge in [-0.1, -0.05) is 0 Å². The first-order valence-corrected chi connectivity index (χ1v) is 13.8. The van der Waals surface area contributed by atoms with Gasteiger partial charge in [0.15, 0.2) is 11.9 Å². The normalized spacial score (nSPS) is 30.2. The molecular weight excluding hydrogens is 616 g/mol. The fourth-order valence-electron chi connectivity index (χ4n) is 5.02. The van der Waals surface area contributed by atoms with Crippen molar-refractivity contribution in [1.29, 1.82) is 0 Å². The van der Waals surface area contributed by atoms with E-state index in [2.05, 4.69) is 41.9 Å². The molecule has 0 unspecified atom stereocenters. The van der Waals surface area contributed by atoms with Crippen molar-refractivity contribution in [1.82, 2.24) is 31.9 Å². The van der Waals surface area contributed by atoms with Crippen molar-refractivity contribution < 1.29 is 48.6 Å². The number of rotatable bonds is 8. The fourth-order valence-corrected chi connectivity index (χ4v) is 5.02. The largest absolute Gasteiger partial charge is 0.481 e. The van der Waals surface area contributed by atoms with Crippen LogP contribution < -0.4 is 54.8 Å². The number of nitrogens with two attached hydrogens (primary N) is 4. The van der Waals surface area contributed by atoms with Crippen LogP contribution in [0.2, 0.25) is 0 Å². The van der Waals surface area contributed by atoms with E-state index in [0.29, 0.717) is 0 Å². The Morgan fingerprint density at radius 2 is 1.02 bits per heavy atom. The molecule has 0 aromatic carbocycles. The summed E-state index contributed by atoms with van der Waals surface area (Å²) in [6.45, 7) is -1.86. The van der Waals surface area contributed by atoms with E-state index < -0.39 is 108 Å². The third-order valence-corrected chi connectivity index (χ3v) is 7.58. The zero-order chi connectivity index (χ0) is 34.4. The Bertz CT molecular complexity index is 1270. The molecule has 252 valence electrons. The molecule has 6 atom stereocenters. The summed E-state index contributed by atoms with van der Waals surface area (Å²) in [7, 11) is 0. The SMILES string of the molecule is NC(N)=NC[C@@H]1C[C@]12NC(=O)[C@H](CC(=O)O)NC(=O)CNC(=O)[C@@]1(C[C@H]1CN=C(N)N)NC(=O)[C@H](CC(=O)O)NC(=O)CNC2=O. The first kappa shape index (κ1) is 34.8. The molecule has 46 heavy (non-hydrogen) atoms. The Kier molecular flexibility index (Phi) is 10.5. The molecule has 22 heteroatoms. The highest BCUT2D eigenvalue weighted by atomic mass is 16.4. The molecule has 3 aliphatic rings. The lowest BCUT2D eigenvalue weighted by atomic mass is 10.1. The van der Waals surface area contributed by atoms with Gasteiger partial charge in [-0.25, -0.2) is 0 Å². The van der Waals surface area contributed by atoms with Gasteiger partial charge in [-0.05, 0) is 12.8 Å². The number of nitrogens with zero attached hydrogens (tertiary/aromatic N) is 2. The van der Waals surface area contributed by atoms with Crippen LogP contribution in [-0.4, -0.2) is 119 Å². The van der Waals surface area contributed by atoms with Crippen LogP contribution in [0.3, 0.4) is 0 Å². The van der Waals surface area contributed by atoms with Gasteiger partial charge in [-0.2, -0.15) is 0 Å². The van der Waals surface area contributed by atoms with E-state index in [1.165, 1.54) is 0 Å². The molecule has 3 rings (SSSR count). The second-order valence-corrected chi connectivity index (χ2v) is 11.1. The molecule has 2 saturated carbocycles. The van der Waals surface area contributed by atoms with Gasteiger partial charge in [0, 0.05) is 24.9 Å². The lowest BCUT2D eigenvalue weighted by molar-refractivity contribution is -0.142. The maximum atomic E-state index is 13.3. The predicted molar refractivity (Wildman–Crippen MR) is 154 cm³/mol. The summed E-state index contributed by atoms with van der Waals surface area (Å²) in [4.78, 5) is 109. The predicted octanol–water partition coefficient (Wildman–Crippen LogP) is -7.55. The third-order valence-electron chi connectivity index (χ3n) is 7.58. The molecule has 0 aromatic rings. The van der Waals surface area contributed by atoms with Crippen molar-refractivity contribution >= 4 is 59.3 Å². The molecule has 22 nitrogen and oxygen atoms in total. The summed E-state index contributed by atoms with van der Waals surface area (Å²) in [5.74, 6) is -10.9. The van der Waals surface area contributed by atoms with Gasteiger partial charge in [0.2, 0.25) is 35.4 Å². The van der Waals surface area contributed by atoms with E-state index >= 15 is 0 Å². The number of carbonyl (C=O) groups is 8. The van der Waals surface area contributed by atoms with Gasteiger partial charge in [0.05, 0.1) is 25.9 Å². The molecule has 16 N–H and O–H groups in total. The Morgan fingerprint density at radius 3 is 1.33 bits per heavy atom. The Labute approximate surface area is 259 Å². The Hall–Kier alpha value is -5.70. The number of nitrogens with one attached hydrogen (secondary N) is 6. The molecule has 0 radical (unpaired) electrons. The molecule has 3 fully saturated rings. The van der Waals surface area contributed by atoms with Crippen LogP contribution in [0.1, 0.15) is 25.7 Å². The maximum Gasteiger partial charge on any atom is 0.305 e.